The molecule has 3 heterocycles. The molecule has 2 aromatic heterocycles. The molecule has 1 amide bonds. The van der Waals surface area contributed by atoms with E-state index in [4.69, 9.17) is 0 Å². The van der Waals surface area contributed by atoms with Crippen LogP contribution in [0.3, 0.4) is 0 Å². The predicted molar refractivity (Wildman–Crippen MR) is 86.8 cm³/mol. The van der Waals surface area contributed by atoms with Gasteiger partial charge >= 0.3 is 0 Å². The second kappa shape index (κ2) is 5.42. The van der Waals surface area contributed by atoms with E-state index >= 15 is 0 Å². The molecular formula is C17H15N3OS. The second-order valence-electron chi connectivity index (χ2n) is 5.39. The lowest BCUT2D eigenvalue weighted by Crippen LogP contribution is -2.36. The first-order valence-electron chi connectivity index (χ1n) is 7.26. The standard InChI is InChI=1S/C17H15N3OS/c21-17(15-10-14(18-19-15)16-6-3-9-22-16)20-8-7-12-4-1-2-5-13(12)11-20/h1-6,9-10H,7-8,11H2,(H,18,19). The molecule has 0 unspecified atom stereocenters. The van der Waals surface area contributed by atoms with E-state index < -0.39 is 0 Å². The van der Waals surface area contributed by atoms with E-state index in [0.717, 1.165) is 23.5 Å². The molecule has 0 atom stereocenters. The van der Waals surface area contributed by atoms with E-state index in [1.54, 1.807) is 11.3 Å². The predicted octanol–water partition coefficient (Wildman–Crippen LogP) is 3.34. The number of aromatic amines is 1. The molecule has 3 aromatic rings. The summed E-state index contributed by atoms with van der Waals surface area (Å²) in [6.07, 6.45) is 0.907. The third-order valence-corrected chi connectivity index (χ3v) is 4.90. The Bertz CT molecular complexity index is 807. The highest BCUT2D eigenvalue weighted by molar-refractivity contribution is 7.13. The van der Waals surface area contributed by atoms with Crippen LogP contribution in [0.25, 0.3) is 10.6 Å². The van der Waals surface area contributed by atoms with Gasteiger partial charge in [0.05, 0.1) is 10.6 Å². The van der Waals surface area contributed by atoms with Crippen molar-refractivity contribution in [2.45, 2.75) is 13.0 Å². The van der Waals surface area contributed by atoms with Crippen LogP contribution < -0.4 is 0 Å². The SMILES string of the molecule is O=C(c1cc(-c2cccs2)[nH]n1)N1CCc2ccccc2C1. The molecule has 0 radical (unpaired) electrons. The van der Waals surface area contributed by atoms with Gasteiger partial charge in [-0.3, -0.25) is 9.89 Å². The molecule has 0 saturated heterocycles. The number of nitrogens with one attached hydrogen (secondary N) is 1. The largest absolute Gasteiger partial charge is 0.333 e. The molecular weight excluding hydrogens is 294 g/mol. The highest BCUT2D eigenvalue weighted by Crippen LogP contribution is 2.24. The quantitative estimate of drug-likeness (QED) is 0.789. The van der Waals surface area contributed by atoms with E-state index in [0.29, 0.717) is 12.2 Å². The van der Waals surface area contributed by atoms with Gasteiger partial charge in [-0.25, -0.2) is 0 Å². The number of aromatic nitrogens is 2. The first kappa shape index (κ1) is 13.3. The summed E-state index contributed by atoms with van der Waals surface area (Å²) in [5, 5.41) is 9.17. The molecule has 1 aliphatic rings. The average molecular weight is 309 g/mol. The van der Waals surface area contributed by atoms with Crippen LogP contribution in [0.2, 0.25) is 0 Å². The monoisotopic (exact) mass is 309 g/mol. The van der Waals surface area contributed by atoms with E-state index in [9.17, 15) is 4.79 Å². The van der Waals surface area contributed by atoms with Gasteiger partial charge in [-0.05, 0) is 35.1 Å². The first-order valence-corrected chi connectivity index (χ1v) is 8.14. The van der Waals surface area contributed by atoms with Crippen LogP contribution in [-0.4, -0.2) is 27.5 Å². The number of H-pyrrole nitrogens is 1. The van der Waals surface area contributed by atoms with Crippen molar-refractivity contribution in [3.63, 3.8) is 0 Å². The summed E-state index contributed by atoms with van der Waals surface area (Å²) in [7, 11) is 0. The van der Waals surface area contributed by atoms with Gasteiger partial charge in [0.25, 0.3) is 5.91 Å². The Balaban J connectivity index is 1.56. The molecule has 1 aliphatic heterocycles. The van der Waals surface area contributed by atoms with Crippen molar-refractivity contribution >= 4 is 17.2 Å². The fraction of sp³-hybridized carbons (Fsp3) is 0.176. The molecule has 0 aliphatic carbocycles. The topological polar surface area (TPSA) is 49.0 Å². The van der Waals surface area contributed by atoms with E-state index in [1.165, 1.54) is 11.1 Å². The number of rotatable bonds is 2. The Hall–Kier alpha value is -2.40. The van der Waals surface area contributed by atoms with Crippen LogP contribution in [0, 0.1) is 0 Å². The van der Waals surface area contributed by atoms with Gasteiger partial charge in [-0.2, -0.15) is 5.10 Å². The van der Waals surface area contributed by atoms with Crippen LogP contribution in [0.5, 0.6) is 0 Å². The Morgan fingerprint density at radius 1 is 1.18 bits per heavy atom. The molecule has 4 rings (SSSR count). The number of thiophene rings is 1. The Morgan fingerprint density at radius 2 is 2.05 bits per heavy atom. The maximum atomic E-state index is 12.6. The molecule has 22 heavy (non-hydrogen) atoms. The lowest BCUT2D eigenvalue weighted by molar-refractivity contribution is 0.0728. The van der Waals surface area contributed by atoms with Gasteiger partial charge < -0.3 is 4.90 Å². The molecule has 110 valence electrons. The van der Waals surface area contributed by atoms with Crippen molar-refractivity contribution in [1.82, 2.24) is 15.1 Å². The number of hydrogen-bond donors (Lipinski definition) is 1. The zero-order valence-electron chi connectivity index (χ0n) is 12.0. The van der Waals surface area contributed by atoms with E-state index in [-0.39, 0.29) is 5.91 Å². The normalized spacial score (nSPS) is 13.9. The van der Waals surface area contributed by atoms with E-state index in [2.05, 4.69) is 28.4 Å². The van der Waals surface area contributed by atoms with Crippen molar-refractivity contribution in [3.8, 4) is 10.6 Å². The minimum Gasteiger partial charge on any atom is -0.333 e. The van der Waals surface area contributed by atoms with Crippen molar-refractivity contribution in [2.75, 3.05) is 6.54 Å². The number of carbonyl (C=O) groups excluding carboxylic acids is 1. The summed E-state index contributed by atoms with van der Waals surface area (Å²) in [5.74, 6) is -0.00596. The van der Waals surface area contributed by atoms with Crippen LogP contribution in [0.15, 0.2) is 47.8 Å². The first-order chi connectivity index (χ1) is 10.8. The van der Waals surface area contributed by atoms with Crippen molar-refractivity contribution in [2.24, 2.45) is 0 Å². The zero-order chi connectivity index (χ0) is 14.9. The number of hydrogen-bond acceptors (Lipinski definition) is 3. The van der Waals surface area contributed by atoms with Crippen molar-refractivity contribution < 1.29 is 4.79 Å². The number of nitrogens with zero attached hydrogens (tertiary/aromatic N) is 2. The van der Waals surface area contributed by atoms with Gasteiger partial charge in [0.2, 0.25) is 0 Å². The molecule has 0 saturated carbocycles. The highest BCUT2D eigenvalue weighted by Gasteiger charge is 2.23. The Morgan fingerprint density at radius 3 is 2.86 bits per heavy atom. The van der Waals surface area contributed by atoms with Crippen LogP contribution >= 0.6 is 11.3 Å². The minimum absolute atomic E-state index is 0.00596. The molecule has 0 bridgehead atoms. The molecule has 1 aromatic carbocycles. The summed E-state index contributed by atoms with van der Waals surface area (Å²) in [6, 6.07) is 14.2. The summed E-state index contributed by atoms with van der Waals surface area (Å²) in [5.41, 5.74) is 3.96. The third kappa shape index (κ3) is 2.33. The Labute approximate surface area is 132 Å². The number of fused-ring (bicyclic) bond motifs is 1. The second-order valence-corrected chi connectivity index (χ2v) is 6.34. The molecule has 1 N–H and O–H groups in total. The van der Waals surface area contributed by atoms with Gasteiger partial charge in [-0.15, -0.1) is 11.3 Å². The van der Waals surface area contributed by atoms with Gasteiger partial charge in [0.15, 0.2) is 5.69 Å². The highest BCUT2D eigenvalue weighted by atomic mass is 32.1. The lowest BCUT2D eigenvalue weighted by Gasteiger charge is -2.28. The fourth-order valence-electron chi connectivity index (χ4n) is 2.82. The van der Waals surface area contributed by atoms with Gasteiger partial charge in [0.1, 0.15) is 0 Å². The molecule has 0 fully saturated rings. The minimum atomic E-state index is -0.00596. The van der Waals surface area contributed by atoms with Crippen LogP contribution in [-0.2, 0) is 13.0 Å². The zero-order valence-corrected chi connectivity index (χ0v) is 12.8. The third-order valence-electron chi connectivity index (χ3n) is 4.00. The van der Waals surface area contributed by atoms with Gasteiger partial charge in [0, 0.05) is 13.1 Å². The average Bonchev–Trinajstić information content (AvgIpc) is 3.24. The fourth-order valence-corrected chi connectivity index (χ4v) is 3.51. The van der Waals surface area contributed by atoms with Crippen molar-refractivity contribution in [1.29, 1.82) is 0 Å². The summed E-state index contributed by atoms with van der Waals surface area (Å²) in [6.45, 7) is 1.41. The summed E-state index contributed by atoms with van der Waals surface area (Å²) < 4.78 is 0. The lowest BCUT2D eigenvalue weighted by atomic mass is 10.00. The summed E-state index contributed by atoms with van der Waals surface area (Å²) >= 11 is 1.63. The maximum Gasteiger partial charge on any atom is 0.274 e. The number of benzene rings is 1. The molecule has 4 nitrogen and oxygen atoms in total. The number of amides is 1. The van der Waals surface area contributed by atoms with Gasteiger partial charge in [-0.1, -0.05) is 30.3 Å². The van der Waals surface area contributed by atoms with Crippen molar-refractivity contribution in [3.05, 3.63) is 64.7 Å². The molecule has 5 heteroatoms. The Kier molecular flexibility index (Phi) is 3.27. The summed E-state index contributed by atoms with van der Waals surface area (Å²) in [4.78, 5) is 15.6. The molecule has 0 spiro atoms. The maximum absolute atomic E-state index is 12.6. The number of carbonyl (C=O) groups is 1. The van der Waals surface area contributed by atoms with Crippen LogP contribution in [0.1, 0.15) is 21.6 Å². The van der Waals surface area contributed by atoms with Crippen LogP contribution in [0.4, 0.5) is 0 Å². The smallest absolute Gasteiger partial charge is 0.274 e. The van der Waals surface area contributed by atoms with E-state index in [1.807, 2.05) is 34.5 Å².